The molecule has 0 aliphatic carbocycles. The van der Waals surface area contributed by atoms with E-state index in [-0.39, 0.29) is 30.8 Å². The van der Waals surface area contributed by atoms with Crippen LogP contribution in [-0.4, -0.2) is 48.9 Å². The Labute approximate surface area is 195 Å². The fourth-order valence-electron chi connectivity index (χ4n) is 3.99. The maximum atomic E-state index is 12.9. The predicted molar refractivity (Wildman–Crippen MR) is 121 cm³/mol. The van der Waals surface area contributed by atoms with Gasteiger partial charge < -0.3 is 15.0 Å². The molecule has 0 radical (unpaired) electrons. The van der Waals surface area contributed by atoms with Gasteiger partial charge in [-0.1, -0.05) is 23.7 Å². The van der Waals surface area contributed by atoms with Gasteiger partial charge >= 0.3 is 6.03 Å². The van der Waals surface area contributed by atoms with Crippen LogP contribution in [0.25, 0.3) is 0 Å². The Balaban J connectivity index is 1.40. The molecule has 10 heteroatoms. The van der Waals surface area contributed by atoms with Crippen LogP contribution in [-0.2, 0) is 22.7 Å². The first-order chi connectivity index (χ1) is 15.8. The number of hydrogen-bond acceptors (Lipinski definition) is 5. The molecule has 2 aromatic rings. The van der Waals surface area contributed by atoms with E-state index in [0.29, 0.717) is 35.0 Å². The van der Waals surface area contributed by atoms with Crippen molar-refractivity contribution in [1.82, 2.24) is 15.5 Å². The van der Waals surface area contributed by atoms with Gasteiger partial charge in [-0.25, -0.2) is 4.79 Å². The number of anilines is 1. The molecule has 0 spiro atoms. The van der Waals surface area contributed by atoms with Crippen LogP contribution in [0.5, 0.6) is 5.75 Å². The summed E-state index contributed by atoms with van der Waals surface area (Å²) in [5.41, 5.74) is 2.66. The number of hydrogen-bond donors (Lipinski definition) is 2. The number of piperidine rings is 1. The van der Waals surface area contributed by atoms with E-state index in [4.69, 9.17) is 16.3 Å². The third-order valence-electron chi connectivity index (χ3n) is 5.86. The van der Waals surface area contributed by atoms with Gasteiger partial charge in [0.05, 0.1) is 12.1 Å². The van der Waals surface area contributed by atoms with Crippen molar-refractivity contribution >= 4 is 41.0 Å². The topological polar surface area (TPSA) is 108 Å². The van der Waals surface area contributed by atoms with E-state index in [9.17, 15) is 19.2 Å². The summed E-state index contributed by atoms with van der Waals surface area (Å²) in [5, 5.41) is 5.51. The number of carbonyl (C=O) groups is 4. The highest BCUT2D eigenvalue weighted by atomic mass is 35.5. The summed E-state index contributed by atoms with van der Waals surface area (Å²) in [6.07, 6.45) is 0.524. The molecule has 4 rings (SSSR count). The second-order valence-electron chi connectivity index (χ2n) is 7.93. The highest BCUT2D eigenvalue weighted by molar-refractivity contribution is 6.32. The summed E-state index contributed by atoms with van der Waals surface area (Å²) in [4.78, 5) is 52.0. The number of nitrogens with one attached hydrogen (secondary N) is 2. The van der Waals surface area contributed by atoms with Crippen molar-refractivity contribution in [3.8, 4) is 5.75 Å². The van der Waals surface area contributed by atoms with Crippen LogP contribution >= 0.6 is 11.6 Å². The van der Waals surface area contributed by atoms with Crippen molar-refractivity contribution in [2.24, 2.45) is 0 Å². The predicted octanol–water partition coefficient (Wildman–Crippen LogP) is 2.46. The summed E-state index contributed by atoms with van der Waals surface area (Å²) in [7, 11) is 3.14. The van der Waals surface area contributed by atoms with Crippen molar-refractivity contribution in [3.05, 3.63) is 58.1 Å². The molecule has 2 aromatic carbocycles. The molecule has 2 N–H and O–H groups in total. The van der Waals surface area contributed by atoms with Gasteiger partial charge in [0.1, 0.15) is 11.8 Å². The lowest BCUT2D eigenvalue weighted by atomic mass is 10.0. The van der Waals surface area contributed by atoms with Crippen molar-refractivity contribution in [2.45, 2.75) is 32.0 Å². The SMILES string of the molecule is COc1ccc(N(C)C(=O)NCc2ccc3c(c2)C(=O)N(C2CCC(=O)NC2=O)C3)cc1Cl. The normalized spacial score (nSPS) is 17.5. The van der Waals surface area contributed by atoms with Gasteiger partial charge in [0.2, 0.25) is 11.8 Å². The van der Waals surface area contributed by atoms with Crippen molar-refractivity contribution in [1.29, 1.82) is 0 Å². The fraction of sp³-hybridized carbons (Fsp3) is 0.304. The Hall–Kier alpha value is -3.59. The van der Waals surface area contributed by atoms with E-state index in [0.717, 1.165) is 11.1 Å². The van der Waals surface area contributed by atoms with E-state index >= 15 is 0 Å². The minimum absolute atomic E-state index is 0.209. The second-order valence-corrected chi connectivity index (χ2v) is 8.34. The summed E-state index contributed by atoms with van der Waals surface area (Å²) < 4.78 is 5.13. The van der Waals surface area contributed by atoms with Crippen molar-refractivity contribution in [2.75, 3.05) is 19.1 Å². The van der Waals surface area contributed by atoms with E-state index in [1.165, 1.54) is 16.9 Å². The molecule has 172 valence electrons. The van der Waals surface area contributed by atoms with Crippen molar-refractivity contribution in [3.63, 3.8) is 0 Å². The Morgan fingerprint density at radius 3 is 2.73 bits per heavy atom. The molecule has 0 bridgehead atoms. The Morgan fingerprint density at radius 1 is 1.24 bits per heavy atom. The molecule has 0 aromatic heterocycles. The number of urea groups is 1. The average Bonchev–Trinajstić information content (AvgIpc) is 3.12. The number of imide groups is 1. The van der Waals surface area contributed by atoms with Crippen molar-refractivity contribution < 1.29 is 23.9 Å². The average molecular weight is 471 g/mol. The number of nitrogens with zero attached hydrogens (tertiary/aromatic N) is 2. The van der Waals surface area contributed by atoms with Crippen LogP contribution in [0.2, 0.25) is 5.02 Å². The van der Waals surface area contributed by atoms with E-state index in [1.54, 1.807) is 31.3 Å². The van der Waals surface area contributed by atoms with Crippen LogP contribution in [0.15, 0.2) is 36.4 Å². The van der Waals surface area contributed by atoms with Gasteiger partial charge in [0.25, 0.3) is 5.91 Å². The zero-order chi connectivity index (χ0) is 23.7. The smallest absolute Gasteiger partial charge is 0.321 e. The summed E-state index contributed by atoms with van der Waals surface area (Å²) in [6.45, 7) is 0.528. The molecule has 2 aliphatic rings. The van der Waals surface area contributed by atoms with Crippen LogP contribution in [0.3, 0.4) is 0 Å². The molecule has 1 saturated heterocycles. The van der Waals surface area contributed by atoms with E-state index < -0.39 is 11.9 Å². The lowest BCUT2D eigenvalue weighted by Gasteiger charge is -2.29. The van der Waals surface area contributed by atoms with Gasteiger partial charge in [-0.3, -0.25) is 24.6 Å². The molecular formula is C23H23ClN4O5. The Morgan fingerprint density at radius 2 is 2.03 bits per heavy atom. The van der Waals surface area contributed by atoms with E-state index in [2.05, 4.69) is 10.6 Å². The van der Waals surface area contributed by atoms with Crippen LogP contribution in [0, 0.1) is 0 Å². The van der Waals surface area contributed by atoms with Gasteiger partial charge in [-0.05, 0) is 41.8 Å². The number of amides is 5. The summed E-state index contributed by atoms with van der Waals surface area (Å²) in [6, 6.07) is 9.44. The summed E-state index contributed by atoms with van der Waals surface area (Å²) >= 11 is 6.14. The number of fused-ring (bicyclic) bond motifs is 1. The second kappa shape index (κ2) is 9.11. The number of carbonyl (C=O) groups excluding carboxylic acids is 4. The number of ether oxygens (including phenoxy) is 1. The maximum Gasteiger partial charge on any atom is 0.321 e. The van der Waals surface area contributed by atoms with Gasteiger partial charge in [-0.2, -0.15) is 0 Å². The Bertz CT molecular complexity index is 1150. The van der Waals surface area contributed by atoms with Gasteiger partial charge in [0, 0.05) is 37.8 Å². The summed E-state index contributed by atoms with van der Waals surface area (Å²) in [5.74, 6) is -0.497. The molecule has 5 amide bonds. The fourth-order valence-corrected chi connectivity index (χ4v) is 4.24. The van der Waals surface area contributed by atoms with Crippen LogP contribution < -0.4 is 20.3 Å². The zero-order valence-corrected chi connectivity index (χ0v) is 18.9. The maximum absolute atomic E-state index is 12.9. The Kier molecular flexibility index (Phi) is 6.24. The number of benzene rings is 2. The number of rotatable bonds is 5. The first-order valence-corrected chi connectivity index (χ1v) is 10.8. The molecule has 9 nitrogen and oxygen atoms in total. The monoisotopic (exact) mass is 470 g/mol. The standard InChI is InChI=1S/C23H23ClN4O5/c1-27(15-5-7-19(33-2)17(24)10-15)23(32)25-11-13-3-4-14-12-28(22(31)16(14)9-13)18-6-8-20(29)26-21(18)30/h3-5,7,9-10,18H,6,8,11-12H2,1-2H3,(H,25,32)(H,26,29,30). The quantitative estimate of drug-likeness (QED) is 0.652. The number of methoxy groups -OCH3 is 1. The lowest BCUT2D eigenvalue weighted by molar-refractivity contribution is -0.136. The zero-order valence-electron chi connectivity index (χ0n) is 18.2. The molecule has 1 fully saturated rings. The van der Waals surface area contributed by atoms with Crippen LogP contribution in [0.1, 0.15) is 34.3 Å². The first-order valence-electron chi connectivity index (χ1n) is 10.4. The van der Waals surface area contributed by atoms with E-state index in [1.807, 2.05) is 12.1 Å². The third kappa shape index (κ3) is 4.49. The molecule has 33 heavy (non-hydrogen) atoms. The molecule has 1 unspecified atom stereocenters. The van der Waals surface area contributed by atoms with Gasteiger partial charge in [-0.15, -0.1) is 0 Å². The highest BCUT2D eigenvalue weighted by Gasteiger charge is 2.39. The molecular weight excluding hydrogens is 448 g/mol. The molecule has 1 atom stereocenters. The minimum Gasteiger partial charge on any atom is -0.495 e. The minimum atomic E-state index is -0.657. The van der Waals surface area contributed by atoms with Gasteiger partial charge in [0.15, 0.2) is 0 Å². The lowest BCUT2D eigenvalue weighted by Crippen LogP contribution is -2.52. The third-order valence-corrected chi connectivity index (χ3v) is 6.16. The molecule has 0 saturated carbocycles. The first kappa shape index (κ1) is 22.6. The highest BCUT2D eigenvalue weighted by Crippen LogP contribution is 2.30. The van der Waals surface area contributed by atoms with Crippen LogP contribution in [0.4, 0.5) is 10.5 Å². The molecule has 2 aliphatic heterocycles. The number of halogens is 1. The molecule has 2 heterocycles. The largest absolute Gasteiger partial charge is 0.495 e.